The van der Waals surface area contributed by atoms with Crippen molar-refractivity contribution < 1.29 is 8.78 Å². The molecule has 0 fully saturated rings. The first-order valence-corrected chi connectivity index (χ1v) is 6.07. The summed E-state index contributed by atoms with van der Waals surface area (Å²) in [4.78, 5) is 0. The smallest absolute Gasteiger partial charge is 0.194 e. The number of aromatic nitrogens is 2. The third-order valence-electron chi connectivity index (χ3n) is 3.12. The molecule has 1 aromatic rings. The Morgan fingerprint density at radius 1 is 1.17 bits per heavy atom. The summed E-state index contributed by atoms with van der Waals surface area (Å²) < 4.78 is 28.7. The Morgan fingerprint density at radius 2 is 1.89 bits per heavy atom. The molecule has 1 aliphatic rings. The lowest BCUT2D eigenvalue weighted by atomic mass is 9.96. The molecule has 0 amide bonds. The highest BCUT2D eigenvalue weighted by Crippen LogP contribution is 2.39. The summed E-state index contributed by atoms with van der Waals surface area (Å²) in [5, 5.41) is 7.33. The van der Waals surface area contributed by atoms with Crippen molar-refractivity contribution in [1.29, 1.82) is 0 Å². The summed E-state index contributed by atoms with van der Waals surface area (Å²) in [7, 11) is 0. The van der Waals surface area contributed by atoms with Crippen LogP contribution in [0.1, 0.15) is 29.7 Å². The lowest BCUT2D eigenvalue weighted by Gasteiger charge is -2.21. The maximum atomic E-state index is 14.3. The largest absolute Gasteiger partial charge is 0.316 e. The van der Waals surface area contributed by atoms with Crippen molar-refractivity contribution in [1.82, 2.24) is 10.2 Å². The van der Waals surface area contributed by atoms with Crippen LogP contribution in [-0.4, -0.2) is 10.2 Å². The summed E-state index contributed by atoms with van der Waals surface area (Å²) in [5.41, 5.74) is 0.594. The fraction of sp³-hybridized carbons (Fsp3) is 0.385. The van der Waals surface area contributed by atoms with Gasteiger partial charge >= 0.3 is 5.92 Å². The molecule has 0 aliphatic heterocycles. The van der Waals surface area contributed by atoms with Crippen LogP contribution in [0.2, 0.25) is 5.15 Å². The number of nitrogens with zero attached hydrogens (tertiary/aromatic N) is 2. The molecule has 0 aromatic carbocycles. The molecular formula is C13H13ClF2N2. The first-order valence-electron chi connectivity index (χ1n) is 5.69. The molecule has 0 saturated carbocycles. The predicted octanol–water partition coefficient (Wildman–Crippen LogP) is 4.12. The van der Waals surface area contributed by atoms with Crippen LogP contribution in [0.3, 0.4) is 0 Å². The third kappa shape index (κ3) is 2.17. The van der Waals surface area contributed by atoms with Gasteiger partial charge in [0.25, 0.3) is 0 Å². The second-order valence-corrected chi connectivity index (χ2v) is 4.66. The van der Waals surface area contributed by atoms with Crippen molar-refractivity contribution in [3.05, 3.63) is 45.8 Å². The van der Waals surface area contributed by atoms with Crippen molar-refractivity contribution in [2.24, 2.45) is 0 Å². The van der Waals surface area contributed by atoms with Gasteiger partial charge in [-0.15, -0.1) is 10.2 Å². The van der Waals surface area contributed by atoms with E-state index in [1.54, 1.807) is 26.0 Å². The van der Waals surface area contributed by atoms with E-state index < -0.39 is 5.92 Å². The highest BCUT2D eigenvalue weighted by Gasteiger charge is 2.39. The molecular weight excluding hydrogens is 258 g/mol. The van der Waals surface area contributed by atoms with Crippen molar-refractivity contribution in [2.45, 2.75) is 32.6 Å². The third-order valence-corrected chi connectivity index (χ3v) is 3.48. The van der Waals surface area contributed by atoms with Crippen LogP contribution in [0.5, 0.6) is 0 Å². The first kappa shape index (κ1) is 13.1. The van der Waals surface area contributed by atoms with Crippen molar-refractivity contribution >= 4 is 11.6 Å². The molecule has 0 bridgehead atoms. The second kappa shape index (κ2) is 4.76. The average Bonchev–Trinajstić information content (AvgIpc) is 2.37. The lowest BCUT2D eigenvalue weighted by molar-refractivity contribution is 0.0347. The van der Waals surface area contributed by atoms with Gasteiger partial charge in [-0.2, -0.15) is 8.78 Å². The van der Waals surface area contributed by atoms with E-state index in [2.05, 4.69) is 10.2 Å². The van der Waals surface area contributed by atoms with E-state index in [1.807, 2.05) is 0 Å². The van der Waals surface area contributed by atoms with Crippen LogP contribution in [0.15, 0.2) is 23.8 Å². The van der Waals surface area contributed by atoms with Gasteiger partial charge in [0, 0.05) is 5.57 Å². The van der Waals surface area contributed by atoms with Gasteiger partial charge in [0.2, 0.25) is 0 Å². The van der Waals surface area contributed by atoms with Crippen LogP contribution in [-0.2, 0) is 5.92 Å². The van der Waals surface area contributed by atoms with E-state index in [1.165, 1.54) is 6.08 Å². The zero-order valence-corrected chi connectivity index (χ0v) is 10.9. The number of allylic oxidation sites excluding steroid dienone is 4. The lowest BCUT2D eigenvalue weighted by Crippen LogP contribution is -2.21. The summed E-state index contributed by atoms with van der Waals surface area (Å²) in [6.07, 6.45) is 6.17. The fourth-order valence-electron chi connectivity index (χ4n) is 1.86. The first-order chi connectivity index (χ1) is 8.44. The number of rotatable bonds is 2. The van der Waals surface area contributed by atoms with Gasteiger partial charge in [0.1, 0.15) is 5.69 Å². The quantitative estimate of drug-likeness (QED) is 0.808. The average molecular weight is 271 g/mol. The predicted molar refractivity (Wildman–Crippen MR) is 66.9 cm³/mol. The van der Waals surface area contributed by atoms with Crippen LogP contribution < -0.4 is 0 Å². The van der Waals surface area contributed by atoms with Crippen LogP contribution in [0, 0.1) is 13.8 Å². The van der Waals surface area contributed by atoms with Crippen molar-refractivity contribution in [3.8, 4) is 0 Å². The molecule has 2 rings (SSSR count). The maximum Gasteiger partial charge on any atom is 0.316 e. The maximum absolute atomic E-state index is 14.3. The Morgan fingerprint density at radius 3 is 2.50 bits per heavy atom. The molecule has 18 heavy (non-hydrogen) atoms. The van der Waals surface area contributed by atoms with E-state index in [4.69, 9.17) is 11.6 Å². The Kier molecular flexibility index (Phi) is 3.48. The molecule has 0 N–H and O–H groups in total. The molecule has 2 nitrogen and oxygen atoms in total. The molecule has 96 valence electrons. The van der Waals surface area contributed by atoms with Crippen LogP contribution in [0.25, 0.3) is 0 Å². The Hall–Kier alpha value is -1.29. The number of alkyl halides is 2. The summed E-state index contributed by atoms with van der Waals surface area (Å²) >= 11 is 5.77. The zero-order chi connectivity index (χ0) is 13.3. The molecule has 0 spiro atoms. The molecule has 0 unspecified atom stereocenters. The second-order valence-electron chi connectivity index (χ2n) is 4.30. The number of hydrogen-bond donors (Lipinski definition) is 0. The van der Waals surface area contributed by atoms with Crippen molar-refractivity contribution in [2.75, 3.05) is 0 Å². The van der Waals surface area contributed by atoms with Crippen LogP contribution >= 0.6 is 11.6 Å². The van der Waals surface area contributed by atoms with E-state index in [0.717, 1.165) is 6.42 Å². The number of halogens is 3. The monoisotopic (exact) mass is 270 g/mol. The normalized spacial score (nSPS) is 15.7. The molecule has 0 saturated heterocycles. The van der Waals surface area contributed by atoms with E-state index in [-0.39, 0.29) is 16.4 Å². The van der Waals surface area contributed by atoms with Gasteiger partial charge in [-0.05, 0) is 37.8 Å². The topological polar surface area (TPSA) is 25.8 Å². The number of hydrogen-bond acceptors (Lipinski definition) is 2. The molecule has 5 heteroatoms. The van der Waals surface area contributed by atoms with Gasteiger partial charge in [-0.25, -0.2) is 0 Å². The van der Waals surface area contributed by atoms with Gasteiger partial charge in [0.15, 0.2) is 5.15 Å². The van der Waals surface area contributed by atoms with Gasteiger partial charge in [-0.3, -0.25) is 0 Å². The van der Waals surface area contributed by atoms with Crippen LogP contribution in [0.4, 0.5) is 8.78 Å². The summed E-state index contributed by atoms with van der Waals surface area (Å²) in [6.45, 7) is 3.25. The molecule has 0 radical (unpaired) electrons. The Bertz CT molecular complexity index is 536. The van der Waals surface area contributed by atoms with Crippen molar-refractivity contribution in [3.63, 3.8) is 0 Å². The molecule has 1 heterocycles. The van der Waals surface area contributed by atoms with E-state index in [0.29, 0.717) is 17.5 Å². The zero-order valence-electron chi connectivity index (χ0n) is 10.2. The minimum absolute atomic E-state index is 0.0205. The van der Waals surface area contributed by atoms with Gasteiger partial charge in [0.05, 0.1) is 0 Å². The molecule has 0 atom stereocenters. The fourth-order valence-corrected chi connectivity index (χ4v) is 2.04. The Balaban J connectivity index is 2.50. The Labute approximate surface area is 109 Å². The highest BCUT2D eigenvalue weighted by atomic mass is 35.5. The van der Waals surface area contributed by atoms with E-state index in [9.17, 15) is 8.78 Å². The molecule has 1 aromatic heterocycles. The minimum atomic E-state index is -3.12. The summed E-state index contributed by atoms with van der Waals surface area (Å²) in [5.74, 6) is -3.12. The minimum Gasteiger partial charge on any atom is -0.194 e. The van der Waals surface area contributed by atoms with Gasteiger partial charge in [-0.1, -0.05) is 29.8 Å². The SMILES string of the molecule is Cc1c(Cl)nnc(C(F)(F)C2=CCCC=C2)c1C. The van der Waals surface area contributed by atoms with Gasteiger partial charge < -0.3 is 0 Å². The standard InChI is InChI=1S/C13H13ClF2N2/c1-8-9(2)12(14)18-17-11(8)13(15,16)10-6-4-3-5-7-10/h4,6-7H,3,5H2,1-2H3. The highest BCUT2D eigenvalue weighted by molar-refractivity contribution is 6.30. The molecule has 1 aliphatic carbocycles. The van der Waals surface area contributed by atoms with E-state index >= 15 is 0 Å². The summed E-state index contributed by atoms with van der Waals surface area (Å²) in [6, 6.07) is 0.